The van der Waals surface area contributed by atoms with Crippen LogP contribution in [-0.2, 0) is 0 Å². The lowest BCUT2D eigenvalue weighted by atomic mass is 9.82. The number of rotatable bonds is 2. The molecule has 1 aliphatic rings. The number of aromatic nitrogens is 1. The molecule has 1 aliphatic carbocycles. The van der Waals surface area contributed by atoms with Gasteiger partial charge in [0.1, 0.15) is 0 Å². The predicted molar refractivity (Wildman–Crippen MR) is 86.0 cm³/mol. The number of carbonyl (C=O) groups excluding carboxylic acids is 1. The van der Waals surface area contributed by atoms with Gasteiger partial charge in [-0.1, -0.05) is 60.7 Å². The maximum atomic E-state index is 13.0. The van der Waals surface area contributed by atoms with E-state index in [1.54, 1.807) is 6.20 Å². The Labute approximate surface area is 129 Å². The van der Waals surface area contributed by atoms with Crippen molar-refractivity contribution in [2.75, 3.05) is 0 Å². The lowest BCUT2D eigenvalue weighted by Crippen LogP contribution is -2.13. The molecule has 1 heterocycles. The van der Waals surface area contributed by atoms with Crippen molar-refractivity contribution in [3.63, 3.8) is 0 Å². The fourth-order valence-corrected chi connectivity index (χ4v) is 3.43. The first kappa shape index (κ1) is 13.0. The van der Waals surface area contributed by atoms with Crippen molar-refractivity contribution >= 4 is 5.78 Å². The molecule has 0 saturated heterocycles. The SMILES string of the molecule is O=C1c2ccccc2C(c2ccccc2)C1c1cccnc1. The van der Waals surface area contributed by atoms with Crippen molar-refractivity contribution in [2.24, 2.45) is 0 Å². The third-order valence-electron chi connectivity index (χ3n) is 4.38. The maximum absolute atomic E-state index is 13.0. The highest BCUT2D eigenvalue weighted by Crippen LogP contribution is 2.47. The number of ketones is 1. The highest BCUT2D eigenvalue weighted by Gasteiger charge is 2.41. The van der Waals surface area contributed by atoms with Crippen LogP contribution in [0.1, 0.15) is 38.9 Å². The van der Waals surface area contributed by atoms with E-state index in [4.69, 9.17) is 0 Å². The zero-order chi connectivity index (χ0) is 14.9. The van der Waals surface area contributed by atoms with Crippen LogP contribution < -0.4 is 0 Å². The molecule has 3 aromatic rings. The summed E-state index contributed by atoms with van der Waals surface area (Å²) >= 11 is 0. The second kappa shape index (κ2) is 5.23. The van der Waals surface area contributed by atoms with E-state index < -0.39 is 0 Å². The fraction of sp³-hybridized carbons (Fsp3) is 0.100. The zero-order valence-corrected chi connectivity index (χ0v) is 12.0. The number of pyridine rings is 1. The summed E-state index contributed by atoms with van der Waals surface area (Å²) in [6.45, 7) is 0. The Bertz CT molecular complexity index is 811. The molecule has 0 bridgehead atoms. The molecule has 1 aromatic heterocycles. The van der Waals surface area contributed by atoms with Gasteiger partial charge in [0, 0.05) is 23.9 Å². The highest BCUT2D eigenvalue weighted by atomic mass is 16.1. The summed E-state index contributed by atoms with van der Waals surface area (Å²) in [5, 5.41) is 0. The Hall–Kier alpha value is -2.74. The highest BCUT2D eigenvalue weighted by molar-refractivity contribution is 6.06. The molecule has 0 fully saturated rings. The van der Waals surface area contributed by atoms with Gasteiger partial charge in [0.15, 0.2) is 5.78 Å². The number of hydrogen-bond acceptors (Lipinski definition) is 2. The summed E-state index contributed by atoms with van der Waals surface area (Å²) in [6, 6.07) is 22.1. The maximum Gasteiger partial charge on any atom is 0.171 e. The van der Waals surface area contributed by atoms with E-state index in [2.05, 4.69) is 23.2 Å². The smallest absolute Gasteiger partial charge is 0.171 e. The van der Waals surface area contributed by atoms with E-state index in [0.29, 0.717) is 0 Å². The van der Waals surface area contributed by atoms with E-state index >= 15 is 0 Å². The number of Topliss-reactive ketones (excluding diaryl/α,β-unsaturated/α-hetero) is 1. The normalized spacial score (nSPS) is 19.9. The van der Waals surface area contributed by atoms with E-state index in [9.17, 15) is 4.79 Å². The van der Waals surface area contributed by atoms with Crippen LogP contribution in [0.3, 0.4) is 0 Å². The number of nitrogens with zero attached hydrogens (tertiary/aromatic N) is 1. The molecule has 2 aromatic carbocycles. The summed E-state index contributed by atoms with van der Waals surface area (Å²) in [5.41, 5.74) is 4.12. The molecule has 0 amide bonds. The Kier molecular flexibility index (Phi) is 3.08. The Morgan fingerprint density at radius 3 is 2.23 bits per heavy atom. The average molecular weight is 285 g/mol. The van der Waals surface area contributed by atoms with Crippen molar-refractivity contribution in [1.82, 2.24) is 4.98 Å². The standard InChI is InChI=1S/C20H15NO/c22-20-17-11-5-4-10-16(17)18(14-7-2-1-3-8-14)19(20)15-9-6-12-21-13-15/h1-13,18-19H. The second-order valence-corrected chi connectivity index (χ2v) is 5.60. The van der Waals surface area contributed by atoms with Gasteiger partial charge in [0.25, 0.3) is 0 Å². The van der Waals surface area contributed by atoms with Gasteiger partial charge in [-0.3, -0.25) is 9.78 Å². The molecular formula is C20H15NO. The Balaban J connectivity index is 1.92. The van der Waals surface area contributed by atoms with Gasteiger partial charge in [0.2, 0.25) is 0 Å². The number of hydrogen-bond donors (Lipinski definition) is 0. The van der Waals surface area contributed by atoms with E-state index in [0.717, 1.165) is 16.7 Å². The van der Waals surface area contributed by atoms with Crippen LogP contribution in [0.2, 0.25) is 0 Å². The molecule has 0 radical (unpaired) electrons. The van der Waals surface area contributed by atoms with Gasteiger partial charge in [-0.05, 0) is 22.8 Å². The number of carbonyl (C=O) groups is 1. The van der Waals surface area contributed by atoms with Crippen LogP contribution in [0.5, 0.6) is 0 Å². The largest absolute Gasteiger partial charge is 0.293 e. The van der Waals surface area contributed by atoms with Gasteiger partial charge >= 0.3 is 0 Å². The first-order valence-corrected chi connectivity index (χ1v) is 7.44. The summed E-state index contributed by atoms with van der Waals surface area (Å²) in [5.74, 6) is 0.0695. The lowest BCUT2D eigenvalue weighted by molar-refractivity contribution is 0.0968. The quantitative estimate of drug-likeness (QED) is 0.706. The first-order chi connectivity index (χ1) is 10.9. The van der Waals surface area contributed by atoms with Crippen molar-refractivity contribution in [1.29, 1.82) is 0 Å². The second-order valence-electron chi connectivity index (χ2n) is 5.60. The van der Waals surface area contributed by atoms with Crippen molar-refractivity contribution < 1.29 is 4.79 Å². The average Bonchev–Trinajstić information content (AvgIpc) is 2.90. The molecule has 2 unspecified atom stereocenters. The van der Waals surface area contributed by atoms with Crippen LogP contribution in [0.25, 0.3) is 0 Å². The van der Waals surface area contributed by atoms with Gasteiger partial charge in [-0.25, -0.2) is 0 Å². The predicted octanol–water partition coefficient (Wildman–Crippen LogP) is 4.19. The van der Waals surface area contributed by atoms with Crippen LogP contribution in [0.4, 0.5) is 0 Å². The topological polar surface area (TPSA) is 30.0 Å². The first-order valence-electron chi connectivity index (χ1n) is 7.44. The minimum Gasteiger partial charge on any atom is -0.293 e. The molecule has 2 nitrogen and oxygen atoms in total. The Morgan fingerprint density at radius 1 is 0.727 bits per heavy atom. The van der Waals surface area contributed by atoms with E-state index in [1.165, 1.54) is 5.56 Å². The van der Waals surface area contributed by atoms with Gasteiger partial charge in [-0.2, -0.15) is 0 Å². The summed E-state index contributed by atoms with van der Waals surface area (Å²) in [6.07, 6.45) is 3.55. The molecule has 2 heteroatoms. The fourth-order valence-electron chi connectivity index (χ4n) is 3.43. The van der Waals surface area contributed by atoms with Gasteiger partial charge in [-0.15, -0.1) is 0 Å². The van der Waals surface area contributed by atoms with Crippen LogP contribution in [0.15, 0.2) is 79.1 Å². The van der Waals surface area contributed by atoms with E-state index in [1.807, 2.05) is 54.7 Å². The molecule has 0 N–H and O–H groups in total. The van der Waals surface area contributed by atoms with Crippen LogP contribution in [0, 0.1) is 0 Å². The van der Waals surface area contributed by atoms with Crippen molar-refractivity contribution in [3.05, 3.63) is 101 Å². The minimum atomic E-state index is -0.187. The Morgan fingerprint density at radius 2 is 1.45 bits per heavy atom. The number of fused-ring (bicyclic) bond motifs is 1. The zero-order valence-electron chi connectivity index (χ0n) is 12.0. The third kappa shape index (κ3) is 1.96. The molecule has 22 heavy (non-hydrogen) atoms. The molecule has 0 spiro atoms. The molecule has 0 saturated carbocycles. The van der Waals surface area contributed by atoms with E-state index in [-0.39, 0.29) is 17.6 Å². The van der Waals surface area contributed by atoms with Crippen LogP contribution in [-0.4, -0.2) is 10.8 Å². The summed E-state index contributed by atoms with van der Waals surface area (Å²) in [7, 11) is 0. The van der Waals surface area contributed by atoms with Crippen LogP contribution >= 0.6 is 0 Å². The monoisotopic (exact) mass is 285 g/mol. The molecule has 2 atom stereocenters. The third-order valence-corrected chi connectivity index (χ3v) is 4.38. The van der Waals surface area contributed by atoms with Gasteiger partial charge in [0.05, 0.1) is 5.92 Å². The molecular weight excluding hydrogens is 270 g/mol. The molecule has 0 aliphatic heterocycles. The number of benzene rings is 2. The van der Waals surface area contributed by atoms with Crippen molar-refractivity contribution in [2.45, 2.75) is 11.8 Å². The molecule has 4 rings (SSSR count). The van der Waals surface area contributed by atoms with Gasteiger partial charge < -0.3 is 0 Å². The van der Waals surface area contributed by atoms with Crippen molar-refractivity contribution in [3.8, 4) is 0 Å². The summed E-state index contributed by atoms with van der Waals surface area (Å²) in [4.78, 5) is 17.2. The lowest BCUT2D eigenvalue weighted by Gasteiger charge is -2.20. The molecule has 106 valence electrons. The summed E-state index contributed by atoms with van der Waals surface area (Å²) < 4.78 is 0. The minimum absolute atomic E-state index is 0.0640.